The van der Waals surface area contributed by atoms with Gasteiger partial charge in [0.25, 0.3) is 0 Å². The standard InChI is InChI=1S/C19H22N2O6S/c1-15-9-11-17(12-10-15)28(25,26)20-18(8-5-13-21(23)24)19(22)27-14-16-6-3-2-4-7-16/h2-4,6-7,9-12,18,20H,5,8,13-14H2,1H3/t18-/m0/s1. The molecule has 28 heavy (non-hydrogen) atoms. The summed E-state index contributed by atoms with van der Waals surface area (Å²) in [5, 5.41) is 10.6. The van der Waals surface area contributed by atoms with E-state index in [-0.39, 0.29) is 30.9 Å². The van der Waals surface area contributed by atoms with Gasteiger partial charge in [-0.05, 0) is 31.0 Å². The Morgan fingerprint density at radius 3 is 2.39 bits per heavy atom. The minimum atomic E-state index is -3.98. The smallest absolute Gasteiger partial charge is 0.324 e. The van der Waals surface area contributed by atoms with E-state index in [1.807, 2.05) is 13.0 Å². The maximum absolute atomic E-state index is 12.6. The Morgan fingerprint density at radius 2 is 1.79 bits per heavy atom. The van der Waals surface area contributed by atoms with Crippen molar-refractivity contribution in [2.45, 2.75) is 37.3 Å². The third-order valence-electron chi connectivity index (χ3n) is 3.97. The third-order valence-corrected chi connectivity index (χ3v) is 5.46. The lowest BCUT2D eigenvalue weighted by Crippen LogP contribution is -2.42. The number of carbonyl (C=O) groups is 1. The predicted molar refractivity (Wildman–Crippen MR) is 103 cm³/mol. The van der Waals surface area contributed by atoms with E-state index in [0.29, 0.717) is 0 Å². The highest BCUT2D eigenvalue weighted by Gasteiger charge is 2.27. The van der Waals surface area contributed by atoms with Crippen LogP contribution in [0.5, 0.6) is 0 Å². The highest BCUT2D eigenvalue weighted by Crippen LogP contribution is 2.13. The van der Waals surface area contributed by atoms with Gasteiger partial charge in [0.1, 0.15) is 12.6 Å². The second-order valence-electron chi connectivity index (χ2n) is 6.28. The molecule has 0 aliphatic heterocycles. The van der Waals surface area contributed by atoms with E-state index in [9.17, 15) is 23.3 Å². The topological polar surface area (TPSA) is 116 Å². The van der Waals surface area contributed by atoms with Gasteiger partial charge in [-0.3, -0.25) is 14.9 Å². The molecule has 0 fully saturated rings. The summed E-state index contributed by atoms with van der Waals surface area (Å²) in [6.45, 7) is 1.44. The Hall–Kier alpha value is -2.78. The van der Waals surface area contributed by atoms with Crippen molar-refractivity contribution in [2.24, 2.45) is 0 Å². The minimum Gasteiger partial charge on any atom is -0.460 e. The average Bonchev–Trinajstić information content (AvgIpc) is 2.66. The van der Waals surface area contributed by atoms with E-state index >= 15 is 0 Å². The zero-order valence-corrected chi connectivity index (χ0v) is 16.2. The lowest BCUT2D eigenvalue weighted by molar-refractivity contribution is -0.480. The number of nitrogens with one attached hydrogen (secondary N) is 1. The summed E-state index contributed by atoms with van der Waals surface area (Å²) in [5.41, 5.74) is 1.64. The van der Waals surface area contributed by atoms with Crippen molar-refractivity contribution >= 4 is 16.0 Å². The van der Waals surface area contributed by atoms with E-state index in [1.165, 1.54) is 12.1 Å². The molecule has 0 bridgehead atoms. The van der Waals surface area contributed by atoms with Crippen molar-refractivity contribution in [3.05, 3.63) is 75.8 Å². The Bertz CT molecular complexity index is 898. The molecule has 8 nitrogen and oxygen atoms in total. The zero-order valence-electron chi connectivity index (χ0n) is 15.4. The van der Waals surface area contributed by atoms with E-state index in [2.05, 4.69) is 4.72 Å². The second kappa shape index (κ2) is 9.95. The van der Waals surface area contributed by atoms with Crippen LogP contribution >= 0.6 is 0 Å². The van der Waals surface area contributed by atoms with Crippen molar-refractivity contribution in [1.29, 1.82) is 0 Å². The van der Waals surface area contributed by atoms with Crippen LogP contribution in [0.1, 0.15) is 24.0 Å². The molecule has 0 spiro atoms. The Morgan fingerprint density at radius 1 is 1.14 bits per heavy atom. The van der Waals surface area contributed by atoms with Gasteiger partial charge in [-0.15, -0.1) is 0 Å². The van der Waals surface area contributed by atoms with Gasteiger partial charge in [0, 0.05) is 11.3 Å². The van der Waals surface area contributed by atoms with Crippen LogP contribution in [0.4, 0.5) is 0 Å². The normalized spacial score (nSPS) is 12.3. The van der Waals surface area contributed by atoms with Gasteiger partial charge >= 0.3 is 5.97 Å². The molecule has 2 aromatic rings. The van der Waals surface area contributed by atoms with Crippen molar-refractivity contribution in [3.8, 4) is 0 Å². The van der Waals surface area contributed by atoms with Crippen molar-refractivity contribution in [1.82, 2.24) is 4.72 Å². The molecule has 2 rings (SSSR count). The van der Waals surface area contributed by atoms with Crippen LogP contribution < -0.4 is 4.72 Å². The van der Waals surface area contributed by atoms with E-state index < -0.39 is 27.0 Å². The summed E-state index contributed by atoms with van der Waals surface area (Å²) >= 11 is 0. The first-order valence-corrected chi connectivity index (χ1v) is 10.2. The summed E-state index contributed by atoms with van der Waals surface area (Å²) in [7, 11) is -3.98. The summed E-state index contributed by atoms with van der Waals surface area (Å²) in [6, 6.07) is 13.9. The van der Waals surface area contributed by atoms with Gasteiger partial charge in [0.05, 0.1) is 4.90 Å². The summed E-state index contributed by atoms with van der Waals surface area (Å²) in [4.78, 5) is 22.5. The van der Waals surface area contributed by atoms with Gasteiger partial charge in [-0.2, -0.15) is 4.72 Å². The highest BCUT2D eigenvalue weighted by molar-refractivity contribution is 7.89. The lowest BCUT2D eigenvalue weighted by atomic mass is 10.1. The molecule has 150 valence electrons. The number of sulfonamides is 1. The van der Waals surface area contributed by atoms with Gasteiger partial charge in [-0.25, -0.2) is 8.42 Å². The van der Waals surface area contributed by atoms with Crippen molar-refractivity contribution in [3.63, 3.8) is 0 Å². The molecule has 1 N–H and O–H groups in total. The van der Waals surface area contributed by atoms with Gasteiger partial charge in [0.15, 0.2) is 0 Å². The van der Waals surface area contributed by atoms with Gasteiger partial charge < -0.3 is 4.74 Å². The van der Waals surface area contributed by atoms with Crippen molar-refractivity contribution in [2.75, 3.05) is 6.54 Å². The largest absolute Gasteiger partial charge is 0.460 e. The van der Waals surface area contributed by atoms with Crippen LogP contribution in [-0.4, -0.2) is 31.9 Å². The van der Waals surface area contributed by atoms with Crippen LogP contribution in [0.15, 0.2) is 59.5 Å². The SMILES string of the molecule is Cc1ccc(S(=O)(=O)N[C@@H](CCC[N+](=O)[O-])C(=O)OCc2ccccc2)cc1. The van der Waals surface area contributed by atoms with Crippen LogP contribution in [-0.2, 0) is 26.2 Å². The highest BCUT2D eigenvalue weighted by atomic mass is 32.2. The number of nitrogens with zero attached hydrogens (tertiary/aromatic N) is 1. The number of aryl methyl sites for hydroxylation is 1. The Kier molecular flexibility index (Phi) is 7.65. The summed E-state index contributed by atoms with van der Waals surface area (Å²) < 4.78 is 32.7. The molecule has 0 unspecified atom stereocenters. The molecule has 0 aliphatic carbocycles. The first kappa shape index (κ1) is 21.5. The first-order valence-electron chi connectivity index (χ1n) is 8.69. The number of hydrogen-bond acceptors (Lipinski definition) is 6. The van der Waals surface area contributed by atoms with Crippen molar-refractivity contribution < 1.29 is 22.9 Å². The molecule has 0 amide bonds. The molecule has 0 radical (unpaired) electrons. The molecule has 0 saturated carbocycles. The number of ether oxygens (including phenoxy) is 1. The van der Waals surface area contributed by atoms with E-state index in [4.69, 9.17) is 4.74 Å². The summed E-state index contributed by atoms with van der Waals surface area (Å²) in [5.74, 6) is -0.775. The van der Waals surface area contributed by atoms with Gasteiger partial charge in [0.2, 0.25) is 16.6 Å². The number of nitro groups is 1. The number of benzene rings is 2. The number of rotatable bonds is 10. The first-order chi connectivity index (χ1) is 13.3. The maximum Gasteiger partial charge on any atom is 0.324 e. The average molecular weight is 406 g/mol. The predicted octanol–water partition coefficient (Wildman–Crippen LogP) is 2.44. The zero-order chi connectivity index (χ0) is 20.6. The molecule has 2 aromatic carbocycles. The van der Waals surface area contributed by atoms with Crippen LogP contribution in [0, 0.1) is 17.0 Å². The number of carbonyl (C=O) groups excluding carboxylic acids is 1. The molecule has 0 aromatic heterocycles. The third kappa shape index (κ3) is 6.75. The van der Waals surface area contributed by atoms with Crippen LogP contribution in [0.2, 0.25) is 0 Å². The molecule has 0 saturated heterocycles. The maximum atomic E-state index is 12.6. The fourth-order valence-electron chi connectivity index (χ4n) is 2.45. The molecule has 0 heterocycles. The van der Waals surface area contributed by atoms with Crippen LogP contribution in [0.3, 0.4) is 0 Å². The van der Waals surface area contributed by atoms with E-state index in [0.717, 1.165) is 11.1 Å². The monoisotopic (exact) mass is 406 g/mol. The molecule has 0 aliphatic rings. The Labute approximate surface area is 163 Å². The molecular weight excluding hydrogens is 384 g/mol. The lowest BCUT2D eigenvalue weighted by Gasteiger charge is -2.17. The number of esters is 1. The van der Waals surface area contributed by atoms with Gasteiger partial charge in [-0.1, -0.05) is 48.0 Å². The Balaban J connectivity index is 2.09. The number of hydrogen-bond donors (Lipinski definition) is 1. The molecule has 9 heteroatoms. The minimum absolute atomic E-state index is 0.00763. The van der Waals surface area contributed by atoms with E-state index in [1.54, 1.807) is 36.4 Å². The summed E-state index contributed by atoms with van der Waals surface area (Å²) in [6.07, 6.45) is -0.00574. The fraction of sp³-hybridized carbons (Fsp3) is 0.316. The second-order valence-corrected chi connectivity index (χ2v) is 7.99. The quantitative estimate of drug-likeness (QED) is 0.368. The van der Waals surface area contributed by atoms with Crippen LogP contribution in [0.25, 0.3) is 0 Å². The molecular formula is C19H22N2O6S. The molecule has 1 atom stereocenters. The fourth-order valence-corrected chi connectivity index (χ4v) is 3.67.